The molecule has 2 aliphatic heterocycles. The molecule has 0 aliphatic carbocycles. The summed E-state index contributed by atoms with van der Waals surface area (Å²) in [5.74, 6) is 0.524. The van der Waals surface area contributed by atoms with Crippen molar-refractivity contribution >= 4 is 28.5 Å². The van der Waals surface area contributed by atoms with Crippen molar-refractivity contribution in [1.29, 1.82) is 0 Å². The van der Waals surface area contributed by atoms with Gasteiger partial charge in [-0.3, -0.25) is 9.79 Å². The van der Waals surface area contributed by atoms with Gasteiger partial charge < -0.3 is 10.2 Å². The van der Waals surface area contributed by atoms with Crippen molar-refractivity contribution in [2.24, 2.45) is 4.99 Å². The molecule has 4 nitrogen and oxygen atoms in total. The van der Waals surface area contributed by atoms with E-state index in [2.05, 4.69) is 41.2 Å². The van der Waals surface area contributed by atoms with Crippen LogP contribution in [0.25, 0.3) is 0 Å². The highest BCUT2D eigenvalue weighted by Gasteiger charge is 2.27. The average molecular weight is 301 g/mol. The van der Waals surface area contributed by atoms with Crippen molar-refractivity contribution < 1.29 is 4.79 Å². The van der Waals surface area contributed by atoms with Crippen LogP contribution >= 0.6 is 11.8 Å². The molecule has 2 aliphatic rings. The van der Waals surface area contributed by atoms with E-state index in [1.807, 2.05) is 17.5 Å². The predicted molar refractivity (Wildman–Crippen MR) is 88.5 cm³/mol. The van der Waals surface area contributed by atoms with Gasteiger partial charge in [-0.25, -0.2) is 0 Å². The first-order valence-corrected chi connectivity index (χ1v) is 8.09. The molecule has 0 spiro atoms. The second-order valence-corrected chi connectivity index (χ2v) is 6.38. The molecule has 0 saturated heterocycles. The van der Waals surface area contributed by atoms with E-state index >= 15 is 0 Å². The third kappa shape index (κ3) is 3.13. The van der Waals surface area contributed by atoms with Gasteiger partial charge in [-0.15, -0.1) is 0 Å². The minimum absolute atomic E-state index is 0.0206. The summed E-state index contributed by atoms with van der Waals surface area (Å²) in [6.07, 6.45) is 0.401. The van der Waals surface area contributed by atoms with Crippen LogP contribution in [0.1, 0.15) is 31.7 Å². The lowest BCUT2D eigenvalue weighted by molar-refractivity contribution is -0.115. The lowest BCUT2D eigenvalue weighted by Gasteiger charge is -2.16. The van der Waals surface area contributed by atoms with Gasteiger partial charge in [0.2, 0.25) is 5.91 Å². The summed E-state index contributed by atoms with van der Waals surface area (Å²) < 4.78 is 0. The number of anilines is 1. The molecular formula is C16H19N3OS. The molecule has 110 valence electrons. The van der Waals surface area contributed by atoms with Crippen LogP contribution in [0, 0.1) is 0 Å². The molecule has 2 heterocycles. The fourth-order valence-corrected chi connectivity index (χ4v) is 3.39. The van der Waals surface area contributed by atoms with E-state index in [1.54, 1.807) is 11.8 Å². The highest BCUT2D eigenvalue weighted by atomic mass is 32.2. The molecule has 0 fully saturated rings. The number of carbonyl (C=O) groups excluding carboxylic acids is 1. The number of amides is 1. The maximum absolute atomic E-state index is 12.1. The molecule has 0 saturated carbocycles. The fourth-order valence-electron chi connectivity index (χ4n) is 2.44. The van der Waals surface area contributed by atoms with E-state index in [4.69, 9.17) is 0 Å². The van der Waals surface area contributed by atoms with Gasteiger partial charge in [-0.2, -0.15) is 0 Å². The number of hydrogen-bond acceptors (Lipinski definition) is 4. The van der Waals surface area contributed by atoms with Crippen LogP contribution in [0.5, 0.6) is 0 Å². The standard InChI is InChI=1S/C16H19N3OS/c1-11(2)12-3-5-13(6-4-12)18-15(20)9-14-10-21-16-17-7-8-19(14)16/h3-6,10-11H,7-9H2,1-2H3,(H,18,20). The van der Waals surface area contributed by atoms with Gasteiger partial charge in [0.1, 0.15) is 0 Å². The Morgan fingerprint density at radius 2 is 2.14 bits per heavy atom. The zero-order valence-electron chi connectivity index (χ0n) is 12.3. The number of amidine groups is 1. The van der Waals surface area contributed by atoms with E-state index < -0.39 is 0 Å². The Hall–Kier alpha value is -1.75. The molecule has 3 rings (SSSR count). The summed E-state index contributed by atoms with van der Waals surface area (Å²) in [7, 11) is 0. The molecule has 0 bridgehead atoms. The summed E-state index contributed by atoms with van der Waals surface area (Å²) in [6.45, 7) is 6.04. The van der Waals surface area contributed by atoms with Gasteiger partial charge >= 0.3 is 0 Å². The highest BCUT2D eigenvalue weighted by Crippen LogP contribution is 2.31. The number of thioether (sulfide) groups is 1. The van der Waals surface area contributed by atoms with Crippen molar-refractivity contribution in [3.05, 3.63) is 40.9 Å². The molecule has 1 amide bonds. The number of nitrogens with one attached hydrogen (secondary N) is 1. The summed E-state index contributed by atoms with van der Waals surface area (Å²) >= 11 is 1.61. The average Bonchev–Trinajstić information content (AvgIpc) is 3.04. The second kappa shape index (κ2) is 5.93. The first-order chi connectivity index (χ1) is 10.1. The normalized spacial score (nSPS) is 16.8. The van der Waals surface area contributed by atoms with Gasteiger partial charge in [0.25, 0.3) is 0 Å². The van der Waals surface area contributed by atoms with Crippen LogP contribution in [0.3, 0.4) is 0 Å². The van der Waals surface area contributed by atoms with E-state index in [0.717, 1.165) is 29.6 Å². The summed E-state index contributed by atoms with van der Waals surface area (Å²) in [5.41, 5.74) is 3.18. The molecular weight excluding hydrogens is 282 g/mol. The maximum Gasteiger partial charge on any atom is 0.230 e. The molecule has 0 aromatic heterocycles. The third-order valence-corrected chi connectivity index (χ3v) is 4.60. The summed E-state index contributed by atoms with van der Waals surface area (Å²) in [4.78, 5) is 18.7. The third-order valence-electron chi connectivity index (χ3n) is 3.65. The van der Waals surface area contributed by atoms with E-state index in [-0.39, 0.29) is 5.91 Å². The van der Waals surface area contributed by atoms with E-state index in [9.17, 15) is 4.79 Å². The smallest absolute Gasteiger partial charge is 0.230 e. The van der Waals surface area contributed by atoms with Gasteiger partial charge in [-0.05, 0) is 29.0 Å². The lowest BCUT2D eigenvalue weighted by Crippen LogP contribution is -2.24. The van der Waals surface area contributed by atoms with Crippen molar-refractivity contribution in [3.8, 4) is 0 Å². The van der Waals surface area contributed by atoms with Crippen molar-refractivity contribution in [3.63, 3.8) is 0 Å². The molecule has 1 N–H and O–H groups in total. The minimum atomic E-state index is 0.0206. The van der Waals surface area contributed by atoms with Crippen molar-refractivity contribution in [2.75, 3.05) is 18.4 Å². The quantitative estimate of drug-likeness (QED) is 0.927. The SMILES string of the molecule is CC(C)c1ccc(NC(=O)CC2=CSC3=NCCN23)cc1. The number of rotatable bonds is 4. The van der Waals surface area contributed by atoms with Crippen molar-refractivity contribution in [1.82, 2.24) is 4.90 Å². The Labute approximate surface area is 129 Å². The van der Waals surface area contributed by atoms with Crippen molar-refractivity contribution in [2.45, 2.75) is 26.2 Å². The van der Waals surface area contributed by atoms with Crippen LogP contribution in [-0.4, -0.2) is 29.1 Å². The summed E-state index contributed by atoms with van der Waals surface area (Å²) in [5, 5.41) is 6.01. The second-order valence-electron chi connectivity index (χ2n) is 5.54. The Morgan fingerprint density at radius 1 is 1.38 bits per heavy atom. The highest BCUT2D eigenvalue weighted by molar-refractivity contribution is 8.16. The monoisotopic (exact) mass is 301 g/mol. The minimum Gasteiger partial charge on any atom is -0.326 e. The van der Waals surface area contributed by atoms with Crippen LogP contribution in [0.2, 0.25) is 0 Å². The number of benzene rings is 1. The number of carbonyl (C=O) groups is 1. The molecule has 0 radical (unpaired) electrons. The number of aliphatic imine (C=N–C) groups is 1. The van der Waals surface area contributed by atoms with E-state index in [1.165, 1.54) is 5.56 Å². The molecule has 1 aromatic rings. The van der Waals surface area contributed by atoms with Crippen LogP contribution in [0.15, 0.2) is 40.4 Å². The predicted octanol–water partition coefficient (Wildman–Crippen LogP) is 3.40. The molecule has 0 unspecified atom stereocenters. The molecule has 5 heteroatoms. The lowest BCUT2D eigenvalue weighted by atomic mass is 10.0. The largest absolute Gasteiger partial charge is 0.326 e. The van der Waals surface area contributed by atoms with Gasteiger partial charge in [0.15, 0.2) is 5.17 Å². The molecule has 1 aromatic carbocycles. The maximum atomic E-state index is 12.1. The summed E-state index contributed by atoms with van der Waals surface area (Å²) in [6, 6.07) is 8.06. The first-order valence-electron chi connectivity index (χ1n) is 7.21. The number of nitrogens with zero attached hydrogens (tertiary/aromatic N) is 2. The Bertz CT molecular complexity index is 604. The zero-order valence-corrected chi connectivity index (χ0v) is 13.1. The zero-order chi connectivity index (χ0) is 14.8. The Kier molecular flexibility index (Phi) is 4.01. The van der Waals surface area contributed by atoms with Gasteiger partial charge in [-0.1, -0.05) is 37.7 Å². The number of hydrogen-bond donors (Lipinski definition) is 1. The van der Waals surface area contributed by atoms with Crippen LogP contribution < -0.4 is 5.32 Å². The fraction of sp³-hybridized carbons (Fsp3) is 0.375. The van der Waals surface area contributed by atoms with Crippen LogP contribution in [-0.2, 0) is 4.79 Å². The molecule has 21 heavy (non-hydrogen) atoms. The van der Waals surface area contributed by atoms with Gasteiger partial charge in [0.05, 0.1) is 13.0 Å². The first kappa shape index (κ1) is 14.2. The Balaban J connectivity index is 1.58. The Morgan fingerprint density at radius 3 is 2.86 bits per heavy atom. The van der Waals surface area contributed by atoms with Crippen LogP contribution in [0.4, 0.5) is 5.69 Å². The topological polar surface area (TPSA) is 44.7 Å². The molecule has 0 atom stereocenters. The number of fused-ring (bicyclic) bond motifs is 1. The van der Waals surface area contributed by atoms with E-state index in [0.29, 0.717) is 12.3 Å². The van der Waals surface area contributed by atoms with Gasteiger partial charge in [0, 0.05) is 17.9 Å².